The van der Waals surface area contributed by atoms with E-state index in [1.165, 1.54) is 45.4 Å². The number of esters is 1. The van der Waals surface area contributed by atoms with Crippen molar-refractivity contribution in [2.75, 3.05) is 17.2 Å². The lowest BCUT2D eigenvalue weighted by molar-refractivity contribution is -0.119. The molecule has 2 aromatic rings. The second kappa shape index (κ2) is 16.2. The van der Waals surface area contributed by atoms with Crippen LogP contribution in [0.15, 0.2) is 48.5 Å². The van der Waals surface area contributed by atoms with Crippen molar-refractivity contribution in [2.24, 2.45) is 0 Å². The molecule has 0 unspecified atom stereocenters. The lowest BCUT2D eigenvalue weighted by atomic mass is 10.1. The molecule has 0 aliphatic carbocycles. The number of unbranched alkanes of at least 4 members (excludes halogenated alkanes) is 8. The highest BCUT2D eigenvalue weighted by Crippen LogP contribution is 2.18. The van der Waals surface area contributed by atoms with Crippen LogP contribution in [-0.4, -0.2) is 30.2 Å². The van der Waals surface area contributed by atoms with Gasteiger partial charge < -0.3 is 15.4 Å². The first kappa shape index (κ1) is 28.8. The van der Waals surface area contributed by atoms with Crippen LogP contribution in [0, 0.1) is 0 Å². The summed E-state index contributed by atoms with van der Waals surface area (Å²) in [6.45, 7) is 3.20. The Morgan fingerprint density at radius 3 is 1.97 bits per heavy atom. The summed E-state index contributed by atoms with van der Waals surface area (Å²) in [4.78, 5) is 48.4. The molecule has 2 amide bonds. The zero-order valence-electron chi connectivity index (χ0n) is 21.4. The number of benzene rings is 2. The van der Waals surface area contributed by atoms with Gasteiger partial charge in [-0.05, 0) is 49.7 Å². The van der Waals surface area contributed by atoms with Gasteiger partial charge in [0.25, 0.3) is 5.91 Å². The van der Waals surface area contributed by atoms with Gasteiger partial charge in [-0.25, -0.2) is 4.79 Å². The monoisotopic (exact) mass is 494 g/mol. The molecule has 2 N–H and O–H groups in total. The number of nitrogens with one attached hydrogen (secondary N) is 2. The predicted octanol–water partition coefficient (Wildman–Crippen LogP) is 6.54. The molecule has 0 aliphatic rings. The van der Waals surface area contributed by atoms with Gasteiger partial charge in [0.2, 0.25) is 5.91 Å². The van der Waals surface area contributed by atoms with E-state index in [2.05, 4.69) is 17.6 Å². The Kier molecular flexibility index (Phi) is 13.0. The Morgan fingerprint density at radius 1 is 0.722 bits per heavy atom. The molecular formula is C29H38N2O5. The summed E-state index contributed by atoms with van der Waals surface area (Å²) in [5.41, 5.74) is 1.58. The number of Topliss-reactive ketones (excluding diaryl/α,β-unsaturated/α-hetero) is 1. The molecule has 0 bridgehead atoms. The summed E-state index contributed by atoms with van der Waals surface area (Å²) in [5.74, 6) is -1.42. The van der Waals surface area contributed by atoms with Crippen molar-refractivity contribution in [3.8, 4) is 0 Å². The zero-order chi connectivity index (χ0) is 26.2. The van der Waals surface area contributed by atoms with Crippen LogP contribution in [0.2, 0.25) is 0 Å². The minimum Gasteiger partial charge on any atom is -0.452 e. The molecule has 7 heteroatoms. The summed E-state index contributed by atoms with van der Waals surface area (Å²) in [6.07, 6.45) is 11.0. The number of carbonyl (C=O) groups is 4. The van der Waals surface area contributed by atoms with Crippen LogP contribution in [-0.2, 0) is 14.3 Å². The van der Waals surface area contributed by atoms with Crippen molar-refractivity contribution in [3.05, 3.63) is 59.7 Å². The van der Waals surface area contributed by atoms with Crippen LogP contribution in [0.25, 0.3) is 0 Å². The number of para-hydroxylation sites is 1. The Morgan fingerprint density at radius 2 is 1.33 bits per heavy atom. The van der Waals surface area contributed by atoms with Crippen LogP contribution in [0.1, 0.15) is 98.8 Å². The molecular weight excluding hydrogens is 456 g/mol. The largest absolute Gasteiger partial charge is 0.452 e. The van der Waals surface area contributed by atoms with Crippen LogP contribution in [0.3, 0.4) is 0 Å². The third-order valence-electron chi connectivity index (χ3n) is 5.84. The van der Waals surface area contributed by atoms with Crippen molar-refractivity contribution in [1.29, 1.82) is 0 Å². The highest BCUT2D eigenvalue weighted by molar-refractivity contribution is 6.02. The van der Waals surface area contributed by atoms with Crippen molar-refractivity contribution in [1.82, 2.24) is 0 Å². The van der Waals surface area contributed by atoms with E-state index in [-0.39, 0.29) is 17.3 Å². The average molecular weight is 495 g/mol. The molecule has 2 rings (SSSR count). The Hall–Kier alpha value is -3.48. The van der Waals surface area contributed by atoms with Gasteiger partial charge in [-0.2, -0.15) is 0 Å². The number of amides is 2. The minimum absolute atomic E-state index is 0.0688. The maximum Gasteiger partial charge on any atom is 0.340 e. The SMILES string of the molecule is CCCCCCCCCCCC(=O)Nc1ccccc1C(=O)OCC(=O)Nc1ccc(C(C)=O)cc1. The first-order chi connectivity index (χ1) is 17.4. The van der Waals surface area contributed by atoms with Gasteiger partial charge in [0.05, 0.1) is 11.3 Å². The molecule has 7 nitrogen and oxygen atoms in total. The molecule has 36 heavy (non-hydrogen) atoms. The molecule has 0 radical (unpaired) electrons. The highest BCUT2D eigenvalue weighted by Gasteiger charge is 2.16. The summed E-state index contributed by atoms with van der Waals surface area (Å²) in [6, 6.07) is 13.0. The Balaban J connectivity index is 1.74. The summed E-state index contributed by atoms with van der Waals surface area (Å²) < 4.78 is 5.15. The average Bonchev–Trinajstić information content (AvgIpc) is 2.87. The van der Waals surface area contributed by atoms with E-state index in [4.69, 9.17) is 4.74 Å². The van der Waals surface area contributed by atoms with Gasteiger partial charge in [0, 0.05) is 17.7 Å². The van der Waals surface area contributed by atoms with E-state index >= 15 is 0 Å². The standard InChI is InChI=1S/C29H38N2O5/c1-3-4-5-6-7-8-9-10-11-16-27(33)31-26-15-13-12-14-25(26)29(35)36-21-28(34)30-24-19-17-23(18-20-24)22(2)32/h12-15,17-20H,3-11,16,21H2,1-2H3,(H,30,34)(H,31,33). The minimum atomic E-state index is -0.698. The normalized spacial score (nSPS) is 10.5. The maximum absolute atomic E-state index is 12.6. The molecule has 0 atom stereocenters. The van der Waals surface area contributed by atoms with Gasteiger partial charge in [-0.3, -0.25) is 14.4 Å². The van der Waals surface area contributed by atoms with E-state index in [0.29, 0.717) is 23.4 Å². The number of hydrogen-bond acceptors (Lipinski definition) is 5. The molecule has 2 aromatic carbocycles. The van der Waals surface area contributed by atoms with Crippen LogP contribution in [0.4, 0.5) is 11.4 Å². The fourth-order valence-corrected chi connectivity index (χ4v) is 3.77. The van der Waals surface area contributed by atoms with Crippen LogP contribution < -0.4 is 10.6 Å². The Bertz CT molecular complexity index is 1000. The molecule has 0 heterocycles. The fraction of sp³-hybridized carbons (Fsp3) is 0.448. The zero-order valence-corrected chi connectivity index (χ0v) is 21.4. The Labute approximate surface area is 214 Å². The number of ketones is 1. The van der Waals surface area contributed by atoms with Crippen LogP contribution in [0.5, 0.6) is 0 Å². The number of ether oxygens (including phenoxy) is 1. The number of carbonyl (C=O) groups excluding carboxylic acids is 4. The first-order valence-electron chi connectivity index (χ1n) is 12.9. The van der Waals surface area contributed by atoms with Gasteiger partial charge in [-0.1, -0.05) is 70.4 Å². The quantitative estimate of drug-likeness (QED) is 0.157. The maximum atomic E-state index is 12.6. The van der Waals surface area contributed by atoms with Gasteiger partial charge in [0.15, 0.2) is 12.4 Å². The third kappa shape index (κ3) is 10.8. The molecule has 194 valence electrons. The second-order valence-corrected chi connectivity index (χ2v) is 8.93. The van der Waals surface area contributed by atoms with Gasteiger partial charge >= 0.3 is 5.97 Å². The fourth-order valence-electron chi connectivity index (χ4n) is 3.77. The van der Waals surface area contributed by atoms with Crippen LogP contribution >= 0.6 is 0 Å². The van der Waals surface area contributed by atoms with Crippen molar-refractivity contribution in [3.63, 3.8) is 0 Å². The predicted molar refractivity (Wildman–Crippen MR) is 142 cm³/mol. The second-order valence-electron chi connectivity index (χ2n) is 8.93. The van der Waals surface area contributed by atoms with Crippen molar-refractivity contribution in [2.45, 2.75) is 78.1 Å². The lowest BCUT2D eigenvalue weighted by Gasteiger charge is -2.11. The smallest absolute Gasteiger partial charge is 0.340 e. The molecule has 0 saturated carbocycles. The molecule has 0 saturated heterocycles. The molecule has 0 aliphatic heterocycles. The van der Waals surface area contributed by atoms with Crippen molar-refractivity contribution < 1.29 is 23.9 Å². The lowest BCUT2D eigenvalue weighted by Crippen LogP contribution is -2.22. The van der Waals surface area contributed by atoms with E-state index in [1.807, 2.05) is 0 Å². The molecule has 0 spiro atoms. The highest BCUT2D eigenvalue weighted by atomic mass is 16.5. The first-order valence-corrected chi connectivity index (χ1v) is 12.9. The number of rotatable bonds is 16. The van der Waals surface area contributed by atoms with Gasteiger partial charge in [0.1, 0.15) is 0 Å². The van der Waals surface area contributed by atoms with E-state index < -0.39 is 18.5 Å². The molecule has 0 fully saturated rings. The summed E-state index contributed by atoms with van der Waals surface area (Å²) in [7, 11) is 0. The topological polar surface area (TPSA) is 102 Å². The molecule has 0 aromatic heterocycles. The number of anilines is 2. The van der Waals surface area contributed by atoms with E-state index in [9.17, 15) is 19.2 Å². The third-order valence-corrected chi connectivity index (χ3v) is 5.84. The van der Waals surface area contributed by atoms with Crippen molar-refractivity contribution >= 4 is 34.9 Å². The number of hydrogen-bond donors (Lipinski definition) is 2. The van der Waals surface area contributed by atoms with E-state index in [1.54, 1.807) is 48.5 Å². The summed E-state index contributed by atoms with van der Waals surface area (Å²) >= 11 is 0. The van der Waals surface area contributed by atoms with Gasteiger partial charge in [-0.15, -0.1) is 0 Å². The van der Waals surface area contributed by atoms with E-state index in [0.717, 1.165) is 19.3 Å². The summed E-state index contributed by atoms with van der Waals surface area (Å²) in [5, 5.41) is 5.41.